The summed E-state index contributed by atoms with van der Waals surface area (Å²) in [5, 5.41) is 17.9. The molecule has 0 aliphatic rings. The molecule has 0 aliphatic carbocycles. The van der Waals surface area contributed by atoms with Crippen molar-refractivity contribution < 1.29 is 0 Å². The van der Waals surface area contributed by atoms with Crippen molar-refractivity contribution in [3.8, 4) is 17.6 Å². The van der Waals surface area contributed by atoms with Crippen LogP contribution in [-0.2, 0) is 7.05 Å². The quantitative estimate of drug-likeness (QED) is 0.583. The molecule has 1 N–H and O–H groups in total. The molecule has 0 aliphatic heterocycles. The largest absolute Gasteiger partial charge is 0.326 e. The Kier molecular flexibility index (Phi) is 2.68. The molecule has 0 bridgehead atoms. The number of hydrogen-bond donors (Lipinski definition) is 1. The molecule has 0 saturated carbocycles. The Morgan fingerprint density at radius 1 is 1.23 bits per heavy atom. The fourth-order valence-corrected chi connectivity index (χ4v) is 2.80. The number of benzene rings is 2. The molecule has 0 spiro atoms. The van der Waals surface area contributed by atoms with E-state index < -0.39 is 0 Å². The molecule has 0 saturated heterocycles. The van der Waals surface area contributed by atoms with Crippen molar-refractivity contribution in [3.05, 3.63) is 47.0 Å². The Morgan fingerprint density at radius 3 is 2.91 bits per heavy atom. The second-order valence-corrected chi connectivity index (χ2v) is 5.51. The second-order valence-electron chi connectivity index (χ2n) is 5.07. The van der Waals surface area contributed by atoms with E-state index in [1.165, 1.54) is 0 Å². The number of imidazole rings is 1. The summed E-state index contributed by atoms with van der Waals surface area (Å²) in [4.78, 5) is 4.65. The van der Waals surface area contributed by atoms with Crippen LogP contribution < -0.4 is 0 Å². The van der Waals surface area contributed by atoms with Crippen molar-refractivity contribution in [1.29, 1.82) is 5.26 Å². The minimum atomic E-state index is 0.597. The summed E-state index contributed by atoms with van der Waals surface area (Å²) in [5.41, 5.74) is 3.99. The fraction of sp³-hybridized carbons (Fsp3) is 0.0625. The van der Waals surface area contributed by atoms with Crippen LogP contribution in [0.2, 0.25) is 5.02 Å². The van der Waals surface area contributed by atoms with Gasteiger partial charge < -0.3 is 4.57 Å². The highest BCUT2D eigenvalue weighted by atomic mass is 35.5. The molecule has 6 heteroatoms. The van der Waals surface area contributed by atoms with Crippen LogP contribution >= 0.6 is 11.6 Å². The number of halogens is 1. The number of rotatable bonds is 1. The number of nitrogens with zero attached hydrogens (tertiary/aromatic N) is 4. The summed E-state index contributed by atoms with van der Waals surface area (Å²) in [6.07, 6.45) is 0. The molecule has 2 aromatic heterocycles. The zero-order valence-electron chi connectivity index (χ0n) is 11.6. The van der Waals surface area contributed by atoms with Crippen molar-refractivity contribution >= 4 is 33.5 Å². The Bertz CT molecular complexity index is 1070. The smallest absolute Gasteiger partial charge is 0.162 e. The van der Waals surface area contributed by atoms with Crippen LogP contribution in [0.25, 0.3) is 33.5 Å². The van der Waals surface area contributed by atoms with E-state index in [1.54, 1.807) is 12.1 Å². The van der Waals surface area contributed by atoms with E-state index in [-0.39, 0.29) is 0 Å². The van der Waals surface area contributed by atoms with Gasteiger partial charge in [0.05, 0.1) is 28.2 Å². The molecule has 4 aromatic rings. The van der Waals surface area contributed by atoms with E-state index in [0.29, 0.717) is 10.6 Å². The van der Waals surface area contributed by atoms with Gasteiger partial charge in [-0.05, 0) is 36.4 Å². The van der Waals surface area contributed by atoms with Gasteiger partial charge in [-0.15, -0.1) is 0 Å². The molecule has 22 heavy (non-hydrogen) atoms. The minimum Gasteiger partial charge on any atom is -0.326 e. The molecular weight excluding hydrogens is 298 g/mol. The van der Waals surface area contributed by atoms with Gasteiger partial charge in [0.2, 0.25) is 0 Å². The Morgan fingerprint density at radius 2 is 2.09 bits per heavy atom. The number of nitriles is 1. The maximum atomic E-state index is 8.97. The Labute approximate surface area is 130 Å². The van der Waals surface area contributed by atoms with Crippen molar-refractivity contribution in [1.82, 2.24) is 19.7 Å². The van der Waals surface area contributed by atoms with E-state index in [2.05, 4.69) is 21.3 Å². The van der Waals surface area contributed by atoms with E-state index in [4.69, 9.17) is 16.9 Å². The first-order valence-electron chi connectivity index (χ1n) is 6.68. The van der Waals surface area contributed by atoms with Gasteiger partial charge in [0.25, 0.3) is 0 Å². The average molecular weight is 308 g/mol. The van der Waals surface area contributed by atoms with Crippen LogP contribution in [0.1, 0.15) is 5.56 Å². The summed E-state index contributed by atoms with van der Waals surface area (Å²) in [6, 6.07) is 13.2. The topological polar surface area (TPSA) is 70.3 Å². The van der Waals surface area contributed by atoms with Gasteiger partial charge in [-0.3, -0.25) is 5.10 Å². The SMILES string of the molecule is Cn1c(-c2n[nH]c3cc(C#N)ccc23)nc2ccc(Cl)cc21. The van der Waals surface area contributed by atoms with Gasteiger partial charge >= 0.3 is 0 Å². The molecular formula is C16H10ClN5. The lowest BCUT2D eigenvalue weighted by atomic mass is 10.1. The highest BCUT2D eigenvalue weighted by Gasteiger charge is 2.16. The van der Waals surface area contributed by atoms with Gasteiger partial charge in [-0.2, -0.15) is 10.4 Å². The number of hydrogen-bond acceptors (Lipinski definition) is 3. The molecule has 0 atom stereocenters. The van der Waals surface area contributed by atoms with E-state index in [1.807, 2.05) is 35.9 Å². The molecule has 0 amide bonds. The summed E-state index contributed by atoms with van der Waals surface area (Å²) in [7, 11) is 1.94. The van der Waals surface area contributed by atoms with Gasteiger partial charge in [0.15, 0.2) is 5.82 Å². The normalized spacial score (nSPS) is 11.1. The molecule has 0 fully saturated rings. The maximum absolute atomic E-state index is 8.97. The lowest BCUT2D eigenvalue weighted by Crippen LogP contribution is -1.93. The van der Waals surface area contributed by atoms with Gasteiger partial charge in [0, 0.05) is 17.5 Å². The minimum absolute atomic E-state index is 0.597. The molecule has 2 heterocycles. The lowest BCUT2D eigenvalue weighted by Gasteiger charge is -2.00. The van der Waals surface area contributed by atoms with Crippen LogP contribution in [0.5, 0.6) is 0 Å². The lowest BCUT2D eigenvalue weighted by molar-refractivity contribution is 0.946. The number of aromatic amines is 1. The van der Waals surface area contributed by atoms with Gasteiger partial charge in [-0.25, -0.2) is 4.98 Å². The third-order valence-corrected chi connectivity index (χ3v) is 3.98. The highest BCUT2D eigenvalue weighted by Crippen LogP contribution is 2.29. The van der Waals surface area contributed by atoms with Crippen LogP contribution in [0, 0.1) is 11.3 Å². The molecule has 2 aromatic carbocycles. The predicted octanol–water partition coefficient (Wildman–Crippen LogP) is 3.64. The number of H-pyrrole nitrogens is 1. The van der Waals surface area contributed by atoms with E-state index in [9.17, 15) is 0 Å². The van der Waals surface area contributed by atoms with Gasteiger partial charge in [-0.1, -0.05) is 11.6 Å². The molecule has 5 nitrogen and oxygen atoms in total. The number of nitrogens with one attached hydrogen (secondary N) is 1. The first-order chi connectivity index (χ1) is 10.7. The van der Waals surface area contributed by atoms with Crippen molar-refractivity contribution in [3.63, 3.8) is 0 Å². The predicted molar refractivity (Wildman–Crippen MR) is 85.5 cm³/mol. The summed E-state index contributed by atoms with van der Waals surface area (Å²) >= 11 is 6.06. The maximum Gasteiger partial charge on any atom is 0.162 e. The third-order valence-electron chi connectivity index (χ3n) is 3.75. The second kappa shape index (κ2) is 4.58. The molecule has 0 unspecified atom stereocenters. The number of fused-ring (bicyclic) bond motifs is 2. The number of aryl methyl sites for hydroxylation is 1. The highest BCUT2D eigenvalue weighted by molar-refractivity contribution is 6.31. The van der Waals surface area contributed by atoms with E-state index in [0.717, 1.165) is 33.5 Å². The Hall–Kier alpha value is -2.84. The van der Waals surface area contributed by atoms with Crippen LogP contribution in [0.15, 0.2) is 36.4 Å². The van der Waals surface area contributed by atoms with Crippen molar-refractivity contribution in [2.45, 2.75) is 0 Å². The first-order valence-corrected chi connectivity index (χ1v) is 7.06. The molecule has 0 radical (unpaired) electrons. The average Bonchev–Trinajstić information content (AvgIpc) is 3.08. The zero-order chi connectivity index (χ0) is 15.3. The fourth-order valence-electron chi connectivity index (χ4n) is 2.63. The van der Waals surface area contributed by atoms with Gasteiger partial charge in [0.1, 0.15) is 5.69 Å². The van der Waals surface area contributed by atoms with Crippen LogP contribution in [0.3, 0.4) is 0 Å². The monoisotopic (exact) mass is 307 g/mol. The third kappa shape index (κ3) is 1.78. The standard InChI is InChI=1S/C16H10ClN5/c1-22-14-7-10(17)3-5-12(14)19-16(22)15-11-4-2-9(8-18)6-13(11)20-21-15/h2-7H,1H3,(H,20,21). The zero-order valence-corrected chi connectivity index (χ0v) is 12.4. The van der Waals surface area contributed by atoms with E-state index >= 15 is 0 Å². The van der Waals surface area contributed by atoms with Crippen LogP contribution in [-0.4, -0.2) is 19.7 Å². The number of aromatic nitrogens is 4. The molecule has 106 valence electrons. The molecule has 4 rings (SSSR count). The summed E-state index contributed by atoms with van der Waals surface area (Å²) in [6.45, 7) is 0. The summed E-state index contributed by atoms with van der Waals surface area (Å²) < 4.78 is 1.97. The van der Waals surface area contributed by atoms with Crippen molar-refractivity contribution in [2.75, 3.05) is 0 Å². The first kappa shape index (κ1) is 12.9. The summed E-state index contributed by atoms with van der Waals surface area (Å²) in [5.74, 6) is 0.758. The van der Waals surface area contributed by atoms with Crippen molar-refractivity contribution in [2.24, 2.45) is 7.05 Å². The van der Waals surface area contributed by atoms with Crippen LogP contribution in [0.4, 0.5) is 0 Å². The Balaban J connectivity index is 1.99.